The summed E-state index contributed by atoms with van der Waals surface area (Å²) in [6, 6.07) is 24.2. The Labute approximate surface area is 184 Å². The molecule has 5 rings (SSSR count). The van der Waals surface area contributed by atoms with Crippen molar-refractivity contribution in [2.45, 2.75) is 30.8 Å². The Morgan fingerprint density at radius 1 is 0.935 bits per heavy atom. The van der Waals surface area contributed by atoms with Gasteiger partial charge < -0.3 is 4.57 Å². The molecule has 0 fully saturated rings. The molecule has 0 aliphatic carbocycles. The zero-order chi connectivity index (χ0) is 21.2. The summed E-state index contributed by atoms with van der Waals surface area (Å²) in [6.45, 7) is 2.85. The molecule has 154 valence electrons. The van der Waals surface area contributed by atoms with Gasteiger partial charge >= 0.3 is 0 Å². The van der Waals surface area contributed by atoms with Gasteiger partial charge in [-0.2, -0.15) is 0 Å². The fourth-order valence-corrected chi connectivity index (χ4v) is 4.66. The molecule has 2 aromatic carbocycles. The molecule has 0 saturated carbocycles. The molecule has 0 aliphatic rings. The standard InChI is InChI=1S/C25H22N4OS/c1-18-11-13-29-23(15-18)26-20(16-24(29)30)17-31-25-27-21-9-5-6-10-22(21)28(25)14-12-19-7-3-2-4-8-19/h2-11,13,15-16H,12,14,17H2,1H3. The first kappa shape index (κ1) is 19.6. The molecule has 31 heavy (non-hydrogen) atoms. The van der Waals surface area contributed by atoms with E-state index in [0.29, 0.717) is 11.4 Å². The van der Waals surface area contributed by atoms with Crippen LogP contribution in [0.1, 0.15) is 16.8 Å². The van der Waals surface area contributed by atoms with Gasteiger partial charge in [-0.1, -0.05) is 54.2 Å². The predicted octanol–water partition coefficient (Wildman–Crippen LogP) is 4.89. The zero-order valence-corrected chi connectivity index (χ0v) is 18.0. The molecular formula is C25H22N4OS. The Bertz CT molecular complexity index is 1420. The molecule has 0 radical (unpaired) electrons. The first-order valence-corrected chi connectivity index (χ1v) is 11.3. The molecule has 0 spiro atoms. The molecule has 0 amide bonds. The lowest BCUT2D eigenvalue weighted by Gasteiger charge is -2.09. The minimum absolute atomic E-state index is 0.0572. The quantitative estimate of drug-likeness (QED) is 0.363. The van der Waals surface area contributed by atoms with E-state index in [1.807, 2.05) is 43.3 Å². The number of para-hydroxylation sites is 2. The average Bonchev–Trinajstić information content (AvgIpc) is 3.14. The van der Waals surface area contributed by atoms with Crippen molar-refractivity contribution >= 4 is 28.4 Å². The molecule has 0 unspecified atom stereocenters. The van der Waals surface area contributed by atoms with Crippen LogP contribution >= 0.6 is 11.8 Å². The van der Waals surface area contributed by atoms with Crippen molar-refractivity contribution in [2.75, 3.05) is 0 Å². The van der Waals surface area contributed by atoms with Gasteiger partial charge in [-0.15, -0.1) is 0 Å². The maximum absolute atomic E-state index is 12.5. The predicted molar refractivity (Wildman–Crippen MR) is 126 cm³/mol. The van der Waals surface area contributed by atoms with Gasteiger partial charge in [-0.05, 0) is 48.7 Å². The minimum atomic E-state index is -0.0572. The van der Waals surface area contributed by atoms with Crippen molar-refractivity contribution in [1.29, 1.82) is 0 Å². The average molecular weight is 427 g/mol. The number of imidazole rings is 1. The normalized spacial score (nSPS) is 11.4. The largest absolute Gasteiger partial charge is 0.319 e. The molecule has 3 heterocycles. The summed E-state index contributed by atoms with van der Waals surface area (Å²) in [5, 5.41) is 0.948. The first-order chi connectivity index (χ1) is 15.2. The third kappa shape index (κ3) is 4.11. The van der Waals surface area contributed by atoms with Crippen molar-refractivity contribution in [3.63, 3.8) is 0 Å². The van der Waals surface area contributed by atoms with Gasteiger partial charge in [0, 0.05) is 24.6 Å². The number of hydrogen-bond acceptors (Lipinski definition) is 4. The fraction of sp³-hybridized carbons (Fsp3) is 0.160. The summed E-state index contributed by atoms with van der Waals surface area (Å²) in [6.07, 6.45) is 2.71. The van der Waals surface area contributed by atoms with E-state index in [1.165, 1.54) is 5.56 Å². The Morgan fingerprint density at radius 3 is 2.61 bits per heavy atom. The van der Waals surface area contributed by atoms with E-state index in [0.717, 1.165) is 40.4 Å². The summed E-state index contributed by atoms with van der Waals surface area (Å²) in [5.74, 6) is 0.592. The molecule has 5 nitrogen and oxygen atoms in total. The van der Waals surface area contributed by atoms with E-state index in [1.54, 1.807) is 28.4 Å². The van der Waals surface area contributed by atoms with Crippen LogP contribution in [0, 0.1) is 6.92 Å². The Hall–Kier alpha value is -3.38. The lowest BCUT2D eigenvalue weighted by Crippen LogP contribution is -2.15. The molecule has 0 N–H and O–H groups in total. The number of hydrogen-bond donors (Lipinski definition) is 0. The summed E-state index contributed by atoms with van der Waals surface area (Å²) < 4.78 is 3.85. The van der Waals surface area contributed by atoms with E-state index < -0.39 is 0 Å². The van der Waals surface area contributed by atoms with Crippen LogP contribution < -0.4 is 5.56 Å². The third-order valence-electron chi connectivity index (χ3n) is 5.31. The summed E-state index contributed by atoms with van der Waals surface area (Å²) in [5.41, 5.74) is 5.89. The van der Waals surface area contributed by atoms with Gasteiger partial charge in [0.25, 0.3) is 5.56 Å². The van der Waals surface area contributed by atoms with Gasteiger partial charge in [0.05, 0.1) is 16.7 Å². The fourth-order valence-electron chi connectivity index (χ4n) is 3.73. The molecular weight excluding hydrogens is 404 g/mol. The van der Waals surface area contributed by atoms with E-state index in [2.05, 4.69) is 34.9 Å². The summed E-state index contributed by atoms with van der Waals surface area (Å²) in [7, 11) is 0. The summed E-state index contributed by atoms with van der Waals surface area (Å²) >= 11 is 1.62. The Morgan fingerprint density at radius 2 is 1.74 bits per heavy atom. The van der Waals surface area contributed by atoms with Gasteiger partial charge in [-0.3, -0.25) is 9.20 Å². The second-order valence-corrected chi connectivity index (χ2v) is 8.52. The number of nitrogens with zero attached hydrogens (tertiary/aromatic N) is 4. The number of thioether (sulfide) groups is 1. The van der Waals surface area contributed by atoms with Crippen LogP contribution in [-0.2, 0) is 18.7 Å². The first-order valence-electron chi connectivity index (χ1n) is 10.3. The Balaban J connectivity index is 1.43. The highest BCUT2D eigenvalue weighted by molar-refractivity contribution is 7.98. The van der Waals surface area contributed by atoms with Gasteiger partial charge in [0.15, 0.2) is 5.16 Å². The van der Waals surface area contributed by atoms with Crippen molar-refractivity contribution in [2.24, 2.45) is 0 Å². The van der Waals surface area contributed by atoms with Gasteiger partial charge in [-0.25, -0.2) is 9.97 Å². The van der Waals surface area contributed by atoms with E-state index in [-0.39, 0.29) is 5.56 Å². The van der Waals surface area contributed by atoms with E-state index >= 15 is 0 Å². The molecule has 6 heteroatoms. The third-order valence-corrected chi connectivity index (χ3v) is 6.32. The van der Waals surface area contributed by atoms with Crippen molar-refractivity contribution < 1.29 is 0 Å². The van der Waals surface area contributed by atoms with Crippen molar-refractivity contribution in [1.82, 2.24) is 18.9 Å². The highest BCUT2D eigenvalue weighted by Gasteiger charge is 2.12. The summed E-state index contributed by atoms with van der Waals surface area (Å²) in [4.78, 5) is 22.0. The molecule has 0 aliphatic heterocycles. The van der Waals surface area contributed by atoms with Crippen LogP contribution in [0.15, 0.2) is 88.9 Å². The SMILES string of the molecule is Cc1ccn2c(=O)cc(CSc3nc4ccccc4n3CCc3ccccc3)nc2c1. The molecule has 0 saturated heterocycles. The molecule has 0 bridgehead atoms. The number of benzene rings is 2. The van der Waals surface area contributed by atoms with E-state index in [4.69, 9.17) is 9.97 Å². The van der Waals surface area contributed by atoms with Crippen LogP contribution in [0.3, 0.4) is 0 Å². The van der Waals surface area contributed by atoms with Gasteiger partial charge in [0.2, 0.25) is 0 Å². The topological polar surface area (TPSA) is 52.2 Å². The van der Waals surface area contributed by atoms with Crippen LogP contribution in [0.2, 0.25) is 0 Å². The Kier molecular flexibility index (Phi) is 5.30. The zero-order valence-electron chi connectivity index (χ0n) is 17.2. The number of rotatable bonds is 6. The maximum Gasteiger partial charge on any atom is 0.258 e. The maximum atomic E-state index is 12.5. The van der Waals surface area contributed by atoms with Crippen LogP contribution in [0.5, 0.6) is 0 Å². The van der Waals surface area contributed by atoms with Crippen LogP contribution in [0.4, 0.5) is 0 Å². The van der Waals surface area contributed by atoms with Crippen molar-refractivity contribution in [3.8, 4) is 0 Å². The number of aromatic nitrogens is 4. The highest BCUT2D eigenvalue weighted by Crippen LogP contribution is 2.26. The lowest BCUT2D eigenvalue weighted by atomic mass is 10.1. The van der Waals surface area contributed by atoms with E-state index in [9.17, 15) is 4.79 Å². The number of fused-ring (bicyclic) bond motifs is 2. The monoisotopic (exact) mass is 426 g/mol. The van der Waals surface area contributed by atoms with Gasteiger partial charge in [0.1, 0.15) is 5.65 Å². The molecule has 5 aromatic rings. The smallest absolute Gasteiger partial charge is 0.258 e. The number of aryl methyl sites for hydroxylation is 3. The highest BCUT2D eigenvalue weighted by atomic mass is 32.2. The van der Waals surface area contributed by atoms with Crippen LogP contribution in [-0.4, -0.2) is 18.9 Å². The second-order valence-electron chi connectivity index (χ2n) is 7.58. The lowest BCUT2D eigenvalue weighted by molar-refractivity contribution is 0.652. The second kappa shape index (κ2) is 8.40. The van der Waals surface area contributed by atoms with Crippen molar-refractivity contribution in [3.05, 3.63) is 106 Å². The molecule has 0 atom stereocenters. The number of pyridine rings is 1. The minimum Gasteiger partial charge on any atom is -0.319 e. The molecule has 3 aromatic heterocycles. The van der Waals surface area contributed by atoms with Crippen LogP contribution in [0.25, 0.3) is 16.7 Å².